The zero-order valence-corrected chi connectivity index (χ0v) is 11.7. The molecule has 2 nitrogen and oxygen atoms in total. The highest BCUT2D eigenvalue weighted by Crippen LogP contribution is 2.24. The molecule has 0 bridgehead atoms. The van der Waals surface area contributed by atoms with Crippen LogP contribution >= 0.6 is 0 Å². The third-order valence-electron chi connectivity index (χ3n) is 3.73. The number of benzene rings is 1. The van der Waals surface area contributed by atoms with Crippen LogP contribution in [0.25, 0.3) is 10.9 Å². The Balaban J connectivity index is 2.56. The maximum Gasteiger partial charge on any atom is 0.0739 e. The molecule has 2 aromatic rings. The Morgan fingerprint density at radius 3 is 2.56 bits per heavy atom. The highest BCUT2D eigenvalue weighted by Gasteiger charge is 2.09. The van der Waals surface area contributed by atoms with E-state index in [2.05, 4.69) is 45.9 Å². The van der Waals surface area contributed by atoms with Crippen molar-refractivity contribution in [2.24, 2.45) is 11.7 Å². The van der Waals surface area contributed by atoms with Crippen LogP contribution in [0.1, 0.15) is 29.3 Å². The lowest BCUT2D eigenvalue weighted by Crippen LogP contribution is -2.14. The molecule has 1 heterocycles. The molecular weight excluding hydrogens is 220 g/mol. The van der Waals surface area contributed by atoms with Gasteiger partial charge in [-0.2, -0.15) is 0 Å². The number of hydrogen-bond acceptors (Lipinski definition) is 2. The highest BCUT2D eigenvalue weighted by molar-refractivity contribution is 5.85. The van der Waals surface area contributed by atoms with Crippen LogP contribution in [0.15, 0.2) is 18.2 Å². The molecule has 0 aliphatic heterocycles. The molecule has 0 amide bonds. The molecule has 0 saturated carbocycles. The molecule has 0 saturated heterocycles. The number of nitrogens with zero attached hydrogens (tertiary/aromatic N) is 1. The predicted molar refractivity (Wildman–Crippen MR) is 77.9 cm³/mol. The number of fused-ring (bicyclic) bond motifs is 1. The third kappa shape index (κ3) is 2.39. The molecule has 2 rings (SSSR count). The fourth-order valence-electron chi connectivity index (χ4n) is 2.31. The van der Waals surface area contributed by atoms with Gasteiger partial charge in [-0.3, -0.25) is 4.98 Å². The Kier molecular flexibility index (Phi) is 3.67. The van der Waals surface area contributed by atoms with Crippen molar-refractivity contribution in [2.45, 2.75) is 34.1 Å². The Bertz CT molecular complexity index is 573. The van der Waals surface area contributed by atoms with Crippen LogP contribution in [-0.4, -0.2) is 11.5 Å². The zero-order chi connectivity index (χ0) is 13.3. The molecule has 0 aliphatic carbocycles. The minimum Gasteiger partial charge on any atom is -0.330 e. The summed E-state index contributed by atoms with van der Waals surface area (Å²) in [6.07, 6.45) is 0.959. The van der Waals surface area contributed by atoms with Gasteiger partial charge in [-0.05, 0) is 62.4 Å². The minimum atomic E-state index is 0.486. The summed E-state index contributed by atoms with van der Waals surface area (Å²) in [5.74, 6) is 0.486. The smallest absolute Gasteiger partial charge is 0.0739 e. The van der Waals surface area contributed by atoms with Gasteiger partial charge in [0, 0.05) is 11.1 Å². The van der Waals surface area contributed by atoms with Gasteiger partial charge in [-0.15, -0.1) is 0 Å². The number of aromatic nitrogens is 1. The summed E-state index contributed by atoms with van der Waals surface area (Å²) in [6, 6.07) is 6.55. The summed E-state index contributed by atoms with van der Waals surface area (Å²) >= 11 is 0. The van der Waals surface area contributed by atoms with Crippen LogP contribution in [-0.2, 0) is 6.42 Å². The van der Waals surface area contributed by atoms with Gasteiger partial charge in [-0.1, -0.05) is 19.1 Å². The van der Waals surface area contributed by atoms with Crippen LogP contribution in [0.2, 0.25) is 0 Å². The number of hydrogen-bond donors (Lipinski definition) is 1. The van der Waals surface area contributed by atoms with Crippen molar-refractivity contribution < 1.29 is 0 Å². The molecule has 18 heavy (non-hydrogen) atoms. The highest BCUT2D eigenvalue weighted by atomic mass is 14.7. The van der Waals surface area contributed by atoms with Gasteiger partial charge >= 0.3 is 0 Å². The van der Waals surface area contributed by atoms with Gasteiger partial charge in [0.15, 0.2) is 0 Å². The van der Waals surface area contributed by atoms with Crippen molar-refractivity contribution in [2.75, 3.05) is 6.54 Å². The molecule has 1 aromatic heterocycles. The van der Waals surface area contributed by atoms with E-state index in [1.54, 1.807) is 0 Å². The molecule has 0 aliphatic rings. The number of aryl methyl sites for hydroxylation is 3. The van der Waals surface area contributed by atoms with Crippen molar-refractivity contribution in [3.05, 3.63) is 40.6 Å². The van der Waals surface area contributed by atoms with Gasteiger partial charge in [0.2, 0.25) is 0 Å². The van der Waals surface area contributed by atoms with Gasteiger partial charge in [0.05, 0.1) is 5.52 Å². The first kappa shape index (κ1) is 13.0. The van der Waals surface area contributed by atoms with Crippen LogP contribution in [0.4, 0.5) is 0 Å². The van der Waals surface area contributed by atoms with E-state index in [0.29, 0.717) is 12.5 Å². The van der Waals surface area contributed by atoms with Crippen molar-refractivity contribution in [3.8, 4) is 0 Å². The molecule has 2 N–H and O–H groups in total. The largest absolute Gasteiger partial charge is 0.330 e. The van der Waals surface area contributed by atoms with Gasteiger partial charge in [0.25, 0.3) is 0 Å². The molecular formula is C16H22N2. The maximum absolute atomic E-state index is 5.70. The van der Waals surface area contributed by atoms with E-state index in [0.717, 1.165) is 17.6 Å². The minimum absolute atomic E-state index is 0.486. The van der Waals surface area contributed by atoms with Gasteiger partial charge in [0.1, 0.15) is 0 Å². The normalized spacial score (nSPS) is 12.9. The van der Waals surface area contributed by atoms with Crippen molar-refractivity contribution >= 4 is 10.9 Å². The summed E-state index contributed by atoms with van der Waals surface area (Å²) in [7, 11) is 0. The molecule has 0 fully saturated rings. The van der Waals surface area contributed by atoms with E-state index in [4.69, 9.17) is 10.7 Å². The summed E-state index contributed by atoms with van der Waals surface area (Å²) < 4.78 is 0. The third-order valence-corrected chi connectivity index (χ3v) is 3.73. The molecule has 0 radical (unpaired) electrons. The molecule has 2 heteroatoms. The Hall–Kier alpha value is -1.41. The van der Waals surface area contributed by atoms with Crippen molar-refractivity contribution in [1.29, 1.82) is 0 Å². The standard InChI is InChI=1S/C16H22N2/c1-10(9-17)7-14-8-12(3)15-6-5-11(2)13(4)16(15)18-14/h5-6,8,10H,7,9,17H2,1-4H3. The van der Waals surface area contributed by atoms with E-state index in [1.807, 2.05) is 0 Å². The van der Waals surface area contributed by atoms with Crippen LogP contribution < -0.4 is 5.73 Å². The van der Waals surface area contributed by atoms with Crippen LogP contribution in [0.3, 0.4) is 0 Å². The van der Waals surface area contributed by atoms with Crippen molar-refractivity contribution in [3.63, 3.8) is 0 Å². The summed E-state index contributed by atoms with van der Waals surface area (Å²) in [6.45, 7) is 9.34. The lowest BCUT2D eigenvalue weighted by molar-refractivity contribution is 0.585. The number of rotatable bonds is 3. The fourth-order valence-corrected chi connectivity index (χ4v) is 2.31. The first-order valence-electron chi connectivity index (χ1n) is 6.59. The molecule has 0 spiro atoms. The second kappa shape index (κ2) is 5.07. The molecule has 1 aromatic carbocycles. The van der Waals surface area contributed by atoms with E-state index in [9.17, 15) is 0 Å². The summed E-state index contributed by atoms with van der Waals surface area (Å²) in [5.41, 5.74) is 11.9. The second-order valence-electron chi connectivity index (χ2n) is 5.38. The molecule has 1 atom stereocenters. The van der Waals surface area contributed by atoms with Gasteiger partial charge < -0.3 is 5.73 Å². The number of pyridine rings is 1. The summed E-state index contributed by atoms with van der Waals surface area (Å²) in [4.78, 5) is 4.83. The van der Waals surface area contributed by atoms with Crippen molar-refractivity contribution in [1.82, 2.24) is 4.98 Å². The lowest BCUT2D eigenvalue weighted by Gasteiger charge is -2.12. The van der Waals surface area contributed by atoms with E-state index < -0.39 is 0 Å². The predicted octanol–water partition coefficient (Wildman–Crippen LogP) is 3.30. The monoisotopic (exact) mass is 242 g/mol. The second-order valence-corrected chi connectivity index (χ2v) is 5.38. The Labute approximate surface area is 109 Å². The van der Waals surface area contributed by atoms with Crippen LogP contribution in [0.5, 0.6) is 0 Å². The van der Waals surface area contributed by atoms with E-state index >= 15 is 0 Å². The maximum atomic E-state index is 5.70. The fraction of sp³-hybridized carbons (Fsp3) is 0.438. The van der Waals surface area contributed by atoms with Crippen LogP contribution in [0, 0.1) is 26.7 Å². The molecule has 96 valence electrons. The number of nitrogens with two attached hydrogens (primary N) is 1. The van der Waals surface area contributed by atoms with E-state index in [-0.39, 0.29) is 0 Å². The molecule has 1 unspecified atom stereocenters. The van der Waals surface area contributed by atoms with Gasteiger partial charge in [-0.25, -0.2) is 0 Å². The Morgan fingerprint density at radius 2 is 1.89 bits per heavy atom. The topological polar surface area (TPSA) is 38.9 Å². The lowest BCUT2D eigenvalue weighted by atomic mass is 9.99. The Morgan fingerprint density at radius 1 is 1.17 bits per heavy atom. The zero-order valence-electron chi connectivity index (χ0n) is 11.7. The van der Waals surface area contributed by atoms with E-state index in [1.165, 1.54) is 22.1 Å². The average Bonchev–Trinajstić information content (AvgIpc) is 2.34. The average molecular weight is 242 g/mol. The first-order valence-corrected chi connectivity index (χ1v) is 6.59. The summed E-state index contributed by atoms with van der Waals surface area (Å²) in [5, 5.41) is 1.27. The first-order chi connectivity index (χ1) is 8.52. The SMILES string of the molecule is Cc1ccc2c(C)cc(CC(C)CN)nc2c1C. The quantitative estimate of drug-likeness (QED) is 0.897.